The highest BCUT2D eigenvalue weighted by molar-refractivity contribution is 7.98. The number of rotatable bonds is 10. The first-order chi connectivity index (χ1) is 18.3. The molecule has 0 heterocycles. The maximum Gasteiger partial charge on any atom is 0.243 e. The molecule has 4 aromatic rings. The molecule has 4 rings (SSSR count). The molecule has 0 fully saturated rings. The van der Waals surface area contributed by atoms with E-state index in [1.165, 1.54) is 30.2 Å². The van der Waals surface area contributed by atoms with E-state index in [0.717, 1.165) is 16.9 Å². The van der Waals surface area contributed by atoms with Crippen molar-refractivity contribution in [3.05, 3.63) is 107 Å². The van der Waals surface area contributed by atoms with Crippen LogP contribution in [0.15, 0.2) is 106 Å². The molecule has 38 heavy (non-hydrogen) atoms. The highest BCUT2D eigenvalue weighted by Gasteiger charge is 2.27. The lowest BCUT2D eigenvalue weighted by Gasteiger charge is -2.16. The number of halogens is 1. The van der Waals surface area contributed by atoms with E-state index < -0.39 is 9.84 Å². The van der Waals surface area contributed by atoms with Gasteiger partial charge in [-0.3, -0.25) is 4.79 Å². The Bertz CT molecular complexity index is 1510. The zero-order chi connectivity index (χ0) is 27.1. The van der Waals surface area contributed by atoms with Gasteiger partial charge in [0.1, 0.15) is 15.7 Å². The highest BCUT2D eigenvalue weighted by atomic mass is 35.5. The second-order valence-corrected chi connectivity index (χ2v) is 11.8. The first-order valence-electron chi connectivity index (χ1n) is 11.8. The summed E-state index contributed by atoms with van der Waals surface area (Å²) in [5.41, 5.74) is 2.91. The van der Waals surface area contributed by atoms with Crippen LogP contribution >= 0.6 is 23.4 Å². The molecule has 0 aliphatic heterocycles. The summed E-state index contributed by atoms with van der Waals surface area (Å²) >= 11 is 8.20. The number of thioether (sulfide) groups is 1. The lowest BCUT2D eigenvalue weighted by molar-refractivity contribution is -0.114. The first-order valence-corrected chi connectivity index (χ1v) is 14.6. The summed E-state index contributed by atoms with van der Waals surface area (Å²) in [6, 6.07) is 27.4. The van der Waals surface area contributed by atoms with E-state index in [1.807, 2.05) is 49.4 Å². The molecule has 9 heteroatoms. The quantitative estimate of drug-likeness (QED) is 0.205. The average Bonchev–Trinajstić information content (AvgIpc) is 2.92. The molecule has 0 aliphatic carbocycles. The smallest absolute Gasteiger partial charge is 0.243 e. The van der Waals surface area contributed by atoms with Gasteiger partial charge in [0.15, 0.2) is 0 Å². The Morgan fingerprint density at radius 3 is 2.26 bits per heavy atom. The Balaban J connectivity index is 1.44. The lowest BCUT2D eigenvalue weighted by atomic mass is 10.2. The van der Waals surface area contributed by atoms with Crippen molar-refractivity contribution in [2.75, 3.05) is 24.3 Å². The molecule has 0 aromatic heterocycles. The van der Waals surface area contributed by atoms with E-state index >= 15 is 0 Å². The molecule has 0 saturated carbocycles. The Labute approximate surface area is 232 Å². The van der Waals surface area contributed by atoms with Crippen LogP contribution in [-0.2, 0) is 20.4 Å². The maximum atomic E-state index is 13.5. The van der Waals surface area contributed by atoms with Crippen molar-refractivity contribution in [2.45, 2.75) is 27.4 Å². The maximum absolute atomic E-state index is 13.5. The van der Waals surface area contributed by atoms with E-state index in [-0.39, 0.29) is 38.7 Å². The summed E-state index contributed by atoms with van der Waals surface area (Å²) in [6.45, 7) is 1.71. The largest absolute Gasteiger partial charge is 0.495 e. The molecular formula is C29H27ClN2O4S2. The van der Waals surface area contributed by atoms with Gasteiger partial charge in [0.25, 0.3) is 0 Å². The Morgan fingerprint density at radius 2 is 1.61 bits per heavy atom. The van der Waals surface area contributed by atoms with Gasteiger partial charge in [-0.1, -0.05) is 59.6 Å². The van der Waals surface area contributed by atoms with Crippen LogP contribution in [0.3, 0.4) is 0 Å². The van der Waals surface area contributed by atoms with Gasteiger partial charge in [-0.2, -0.15) is 0 Å². The fraction of sp³-hybridized carbons (Fsp3) is 0.138. The summed E-state index contributed by atoms with van der Waals surface area (Å²) < 4.78 is 32.2. The van der Waals surface area contributed by atoms with Crippen LogP contribution in [0.1, 0.15) is 11.1 Å². The number of anilines is 2. The van der Waals surface area contributed by atoms with Crippen LogP contribution in [-0.4, -0.2) is 28.0 Å². The number of hydrogen-bond acceptors (Lipinski definition) is 6. The third-order valence-corrected chi connectivity index (χ3v) is 9.13. The predicted octanol–water partition coefficient (Wildman–Crippen LogP) is 6.83. The Morgan fingerprint density at radius 1 is 0.921 bits per heavy atom. The van der Waals surface area contributed by atoms with Gasteiger partial charge in [0.05, 0.1) is 24.2 Å². The van der Waals surface area contributed by atoms with E-state index in [0.29, 0.717) is 5.69 Å². The molecule has 0 bridgehead atoms. The number of hydrogen-bond donors (Lipinski definition) is 2. The van der Waals surface area contributed by atoms with Gasteiger partial charge in [0, 0.05) is 16.3 Å². The van der Waals surface area contributed by atoms with Gasteiger partial charge in [0.2, 0.25) is 15.7 Å². The number of aryl methyl sites for hydroxylation is 1. The fourth-order valence-corrected chi connectivity index (χ4v) is 6.60. The first kappa shape index (κ1) is 27.6. The second kappa shape index (κ2) is 12.4. The molecule has 1 amide bonds. The Hall–Kier alpha value is -3.46. The molecule has 6 nitrogen and oxygen atoms in total. The number of amides is 1. The van der Waals surface area contributed by atoms with Crippen molar-refractivity contribution >= 4 is 50.5 Å². The van der Waals surface area contributed by atoms with Gasteiger partial charge in [-0.15, -0.1) is 11.8 Å². The normalized spacial score (nSPS) is 11.1. The summed E-state index contributed by atoms with van der Waals surface area (Å²) in [4.78, 5) is 13.8. The molecular weight excluding hydrogens is 540 g/mol. The number of carbonyl (C=O) groups is 1. The van der Waals surface area contributed by atoms with Crippen molar-refractivity contribution in [1.29, 1.82) is 0 Å². The molecule has 4 aromatic carbocycles. The van der Waals surface area contributed by atoms with Crippen molar-refractivity contribution in [3.63, 3.8) is 0 Å². The van der Waals surface area contributed by atoms with E-state index in [2.05, 4.69) is 22.8 Å². The van der Waals surface area contributed by atoms with Crippen LogP contribution in [0, 0.1) is 6.92 Å². The topological polar surface area (TPSA) is 84.5 Å². The molecule has 0 unspecified atom stereocenters. The summed E-state index contributed by atoms with van der Waals surface area (Å²) in [6.07, 6.45) is 0. The summed E-state index contributed by atoms with van der Waals surface area (Å²) in [5, 5.41) is 5.71. The van der Waals surface area contributed by atoms with Crippen LogP contribution in [0.2, 0.25) is 5.02 Å². The van der Waals surface area contributed by atoms with Gasteiger partial charge < -0.3 is 15.4 Å². The number of benzene rings is 4. The van der Waals surface area contributed by atoms with Gasteiger partial charge in [-0.05, 0) is 61.0 Å². The van der Waals surface area contributed by atoms with Crippen molar-refractivity contribution in [2.24, 2.45) is 0 Å². The molecule has 196 valence electrons. The monoisotopic (exact) mass is 566 g/mol. The molecule has 2 N–H and O–H groups in total. The molecule has 0 spiro atoms. The van der Waals surface area contributed by atoms with Crippen LogP contribution in [0.4, 0.5) is 11.4 Å². The van der Waals surface area contributed by atoms with Gasteiger partial charge >= 0.3 is 0 Å². The lowest BCUT2D eigenvalue weighted by Crippen LogP contribution is -2.22. The standard InChI is InChI=1S/C29H27ClN2O4S2/c1-20-8-14-24(15-9-20)38(34,35)29-25(16-17-26(36-2)28(29)30)31-18-27(33)32-22-12-10-21(11-13-22)19-37-23-6-4-3-5-7-23/h3-17,31H,18-19H2,1-2H3,(H,32,33). The van der Waals surface area contributed by atoms with E-state index in [4.69, 9.17) is 16.3 Å². The van der Waals surface area contributed by atoms with Crippen molar-refractivity contribution < 1.29 is 17.9 Å². The SMILES string of the molecule is COc1ccc(NCC(=O)Nc2ccc(CSc3ccccc3)cc2)c(S(=O)(=O)c2ccc(C)cc2)c1Cl. The number of carbonyl (C=O) groups excluding carboxylic acids is 1. The molecule has 0 atom stereocenters. The second-order valence-electron chi connectivity index (χ2n) is 8.48. The van der Waals surface area contributed by atoms with Crippen LogP contribution in [0.5, 0.6) is 5.75 Å². The zero-order valence-electron chi connectivity index (χ0n) is 20.9. The van der Waals surface area contributed by atoms with Crippen molar-refractivity contribution in [3.8, 4) is 5.75 Å². The number of ether oxygens (including phenoxy) is 1. The zero-order valence-corrected chi connectivity index (χ0v) is 23.3. The fourth-order valence-electron chi connectivity index (χ4n) is 3.68. The van der Waals surface area contributed by atoms with Crippen LogP contribution < -0.4 is 15.4 Å². The molecule has 0 saturated heterocycles. The van der Waals surface area contributed by atoms with E-state index in [1.54, 1.807) is 30.0 Å². The molecule has 0 radical (unpaired) electrons. The Kier molecular flexibility index (Phi) is 8.99. The summed E-state index contributed by atoms with van der Waals surface area (Å²) in [7, 11) is -2.58. The average molecular weight is 567 g/mol. The third kappa shape index (κ3) is 6.69. The minimum Gasteiger partial charge on any atom is -0.495 e. The predicted molar refractivity (Wildman–Crippen MR) is 154 cm³/mol. The van der Waals surface area contributed by atoms with Crippen LogP contribution in [0.25, 0.3) is 0 Å². The number of nitrogens with one attached hydrogen (secondary N) is 2. The minimum atomic E-state index is -3.99. The number of sulfone groups is 1. The number of methoxy groups -OCH3 is 1. The van der Waals surface area contributed by atoms with Crippen molar-refractivity contribution in [1.82, 2.24) is 0 Å². The summed E-state index contributed by atoms with van der Waals surface area (Å²) in [5.74, 6) is 0.705. The highest BCUT2D eigenvalue weighted by Crippen LogP contribution is 2.39. The van der Waals surface area contributed by atoms with E-state index in [9.17, 15) is 13.2 Å². The van der Waals surface area contributed by atoms with Gasteiger partial charge in [-0.25, -0.2) is 8.42 Å². The third-order valence-electron chi connectivity index (χ3n) is 5.71. The molecule has 0 aliphatic rings. The minimum absolute atomic E-state index is 0.0533.